The zero-order chi connectivity index (χ0) is 18.7. The molecule has 7 nitrogen and oxygen atoms in total. The molecule has 0 saturated carbocycles. The van der Waals surface area contributed by atoms with E-state index in [2.05, 4.69) is 16.8 Å². The molecule has 1 aromatic rings. The average Bonchev–Trinajstić information content (AvgIpc) is 2.94. The van der Waals surface area contributed by atoms with Crippen molar-refractivity contribution in [1.29, 1.82) is 0 Å². The van der Waals surface area contributed by atoms with Gasteiger partial charge in [0.25, 0.3) is 0 Å². The van der Waals surface area contributed by atoms with E-state index in [0.29, 0.717) is 19.6 Å². The number of aromatic nitrogens is 1. The van der Waals surface area contributed by atoms with Crippen molar-refractivity contribution in [3.05, 3.63) is 16.1 Å². The van der Waals surface area contributed by atoms with Crippen LogP contribution < -0.4 is 0 Å². The predicted octanol–water partition coefficient (Wildman–Crippen LogP) is 1.12. The summed E-state index contributed by atoms with van der Waals surface area (Å²) in [5.41, 5.74) is 2.69. The monoisotopic (exact) mass is 380 g/mol. The molecule has 0 N–H and O–H groups in total. The van der Waals surface area contributed by atoms with Gasteiger partial charge in [0, 0.05) is 38.6 Å². The third kappa shape index (κ3) is 4.42. The quantitative estimate of drug-likeness (QED) is 0.783. The second-order valence-corrected chi connectivity index (χ2v) is 8.40. The number of carbonyl (C=O) groups is 2. The summed E-state index contributed by atoms with van der Waals surface area (Å²) < 4.78 is 6.16. The van der Waals surface area contributed by atoms with Crippen molar-refractivity contribution in [2.75, 3.05) is 46.9 Å². The van der Waals surface area contributed by atoms with Crippen molar-refractivity contribution < 1.29 is 14.3 Å². The first-order valence-electron chi connectivity index (χ1n) is 9.12. The Morgan fingerprint density at radius 3 is 2.73 bits per heavy atom. The smallest absolute Gasteiger partial charge is 0.241 e. The molecule has 2 aliphatic rings. The lowest BCUT2D eigenvalue weighted by Gasteiger charge is -2.42. The fraction of sp³-hybridized carbons (Fsp3) is 0.722. The van der Waals surface area contributed by atoms with E-state index < -0.39 is 0 Å². The molecule has 0 atom stereocenters. The SMILES string of the molecule is Cc1ncsc1CN1CCC2(CC1)CN(CC(=O)N(C)C)C(=O)CCO2. The number of hydrogen-bond acceptors (Lipinski definition) is 6. The van der Waals surface area contributed by atoms with E-state index in [1.165, 1.54) is 9.78 Å². The number of thiazole rings is 1. The van der Waals surface area contributed by atoms with Crippen molar-refractivity contribution in [2.45, 2.75) is 38.3 Å². The number of carbonyl (C=O) groups excluding carboxylic acids is 2. The van der Waals surface area contributed by atoms with Crippen LogP contribution >= 0.6 is 11.3 Å². The van der Waals surface area contributed by atoms with Crippen LogP contribution in [0.1, 0.15) is 29.8 Å². The zero-order valence-corrected chi connectivity index (χ0v) is 16.7. The number of nitrogens with zero attached hydrogens (tertiary/aromatic N) is 4. The fourth-order valence-corrected chi connectivity index (χ4v) is 4.36. The van der Waals surface area contributed by atoms with E-state index in [0.717, 1.165) is 38.2 Å². The van der Waals surface area contributed by atoms with Gasteiger partial charge < -0.3 is 14.5 Å². The van der Waals surface area contributed by atoms with Gasteiger partial charge in [-0.05, 0) is 19.8 Å². The molecule has 2 saturated heterocycles. The minimum Gasteiger partial charge on any atom is -0.373 e. The van der Waals surface area contributed by atoms with Gasteiger partial charge in [-0.25, -0.2) is 4.98 Å². The number of likely N-dealkylation sites (tertiary alicyclic amines) is 1. The van der Waals surface area contributed by atoms with E-state index in [1.807, 2.05) is 5.51 Å². The number of likely N-dealkylation sites (N-methyl/N-ethyl adjacent to an activating group) is 1. The fourth-order valence-electron chi connectivity index (χ4n) is 3.55. The zero-order valence-electron chi connectivity index (χ0n) is 15.9. The van der Waals surface area contributed by atoms with Gasteiger partial charge in [-0.3, -0.25) is 14.5 Å². The van der Waals surface area contributed by atoms with Crippen LogP contribution in [0.15, 0.2) is 5.51 Å². The van der Waals surface area contributed by atoms with Crippen molar-refractivity contribution in [3.8, 4) is 0 Å². The van der Waals surface area contributed by atoms with Crippen LogP contribution in [0.3, 0.4) is 0 Å². The number of aryl methyl sites for hydroxylation is 1. The molecule has 0 aromatic carbocycles. The molecular weight excluding hydrogens is 352 g/mol. The Morgan fingerprint density at radius 1 is 1.38 bits per heavy atom. The second kappa shape index (κ2) is 8.02. The molecule has 2 fully saturated rings. The van der Waals surface area contributed by atoms with Crippen LogP contribution in [0.2, 0.25) is 0 Å². The number of ether oxygens (including phenoxy) is 1. The minimum absolute atomic E-state index is 0.0137. The Labute approximate surface area is 158 Å². The third-order valence-electron chi connectivity index (χ3n) is 5.36. The Morgan fingerprint density at radius 2 is 2.12 bits per heavy atom. The van der Waals surface area contributed by atoms with Crippen molar-refractivity contribution in [3.63, 3.8) is 0 Å². The maximum Gasteiger partial charge on any atom is 0.241 e. The summed E-state index contributed by atoms with van der Waals surface area (Å²) in [6.45, 7) is 5.94. The lowest BCUT2D eigenvalue weighted by molar-refractivity contribution is -0.140. The normalized spacial score (nSPS) is 21.0. The van der Waals surface area contributed by atoms with E-state index in [-0.39, 0.29) is 24.0 Å². The maximum atomic E-state index is 12.4. The van der Waals surface area contributed by atoms with Gasteiger partial charge in [0.2, 0.25) is 11.8 Å². The molecule has 1 spiro atoms. The molecule has 26 heavy (non-hydrogen) atoms. The van der Waals surface area contributed by atoms with Crippen LogP contribution in [0.5, 0.6) is 0 Å². The number of hydrogen-bond donors (Lipinski definition) is 0. The number of amides is 2. The minimum atomic E-state index is -0.321. The summed E-state index contributed by atoms with van der Waals surface area (Å²) in [6, 6.07) is 0. The lowest BCUT2D eigenvalue weighted by atomic mass is 9.90. The van der Waals surface area contributed by atoms with E-state index >= 15 is 0 Å². The van der Waals surface area contributed by atoms with Gasteiger partial charge in [0.15, 0.2) is 0 Å². The molecule has 8 heteroatoms. The molecule has 144 valence electrons. The average molecular weight is 381 g/mol. The summed E-state index contributed by atoms with van der Waals surface area (Å²) in [6.07, 6.45) is 2.11. The summed E-state index contributed by atoms with van der Waals surface area (Å²) in [5.74, 6) is -0.0340. The van der Waals surface area contributed by atoms with Gasteiger partial charge in [0.05, 0.1) is 42.9 Å². The molecule has 3 rings (SSSR count). The molecule has 3 heterocycles. The number of piperidine rings is 1. The third-order valence-corrected chi connectivity index (χ3v) is 6.28. The molecule has 0 unspecified atom stereocenters. The summed E-state index contributed by atoms with van der Waals surface area (Å²) in [5, 5.41) is 0. The highest BCUT2D eigenvalue weighted by molar-refractivity contribution is 7.09. The highest BCUT2D eigenvalue weighted by Gasteiger charge is 2.40. The van der Waals surface area contributed by atoms with Gasteiger partial charge >= 0.3 is 0 Å². The first-order chi connectivity index (χ1) is 12.4. The molecule has 0 radical (unpaired) electrons. The van der Waals surface area contributed by atoms with Crippen LogP contribution in [0, 0.1) is 6.92 Å². The largest absolute Gasteiger partial charge is 0.373 e. The maximum absolute atomic E-state index is 12.4. The van der Waals surface area contributed by atoms with Gasteiger partial charge in [-0.2, -0.15) is 0 Å². The van der Waals surface area contributed by atoms with Gasteiger partial charge in [-0.15, -0.1) is 11.3 Å². The van der Waals surface area contributed by atoms with Crippen molar-refractivity contribution >= 4 is 23.2 Å². The second-order valence-electron chi connectivity index (χ2n) is 7.46. The van der Waals surface area contributed by atoms with Crippen LogP contribution in [-0.2, 0) is 20.9 Å². The van der Waals surface area contributed by atoms with Crippen molar-refractivity contribution in [1.82, 2.24) is 19.7 Å². The Balaban J connectivity index is 1.61. The molecule has 2 aliphatic heterocycles. The van der Waals surface area contributed by atoms with Crippen LogP contribution in [-0.4, -0.2) is 84.0 Å². The molecular formula is C18H28N4O3S. The van der Waals surface area contributed by atoms with Gasteiger partial charge in [0.1, 0.15) is 0 Å². The first kappa shape index (κ1) is 19.3. The van der Waals surface area contributed by atoms with Crippen LogP contribution in [0.4, 0.5) is 0 Å². The Bertz CT molecular complexity index is 653. The van der Waals surface area contributed by atoms with Crippen molar-refractivity contribution in [2.24, 2.45) is 0 Å². The number of rotatable bonds is 4. The standard InChI is InChI=1S/C18H28N4O3S/c1-14-15(26-13-19-14)10-21-7-5-18(6-8-21)12-22(11-17(24)20(2)3)16(23)4-9-25-18/h13H,4-12H2,1-3H3. The van der Waals surface area contributed by atoms with Gasteiger partial charge in [-0.1, -0.05) is 0 Å². The predicted molar refractivity (Wildman–Crippen MR) is 99.9 cm³/mol. The molecule has 0 aliphatic carbocycles. The topological polar surface area (TPSA) is 66.0 Å². The summed E-state index contributed by atoms with van der Waals surface area (Å²) >= 11 is 1.70. The molecule has 2 amide bonds. The Kier molecular flexibility index (Phi) is 5.94. The molecule has 1 aromatic heterocycles. The lowest BCUT2D eigenvalue weighted by Crippen LogP contribution is -2.53. The van der Waals surface area contributed by atoms with E-state index in [4.69, 9.17) is 4.74 Å². The Hall–Kier alpha value is -1.51. The highest BCUT2D eigenvalue weighted by Crippen LogP contribution is 2.31. The van der Waals surface area contributed by atoms with Crippen LogP contribution in [0.25, 0.3) is 0 Å². The summed E-state index contributed by atoms with van der Waals surface area (Å²) in [4.78, 5) is 35.7. The van der Waals surface area contributed by atoms with E-state index in [9.17, 15) is 9.59 Å². The van der Waals surface area contributed by atoms with E-state index in [1.54, 1.807) is 30.3 Å². The first-order valence-corrected chi connectivity index (χ1v) is 10.00. The summed E-state index contributed by atoms with van der Waals surface area (Å²) in [7, 11) is 3.44. The molecule has 0 bridgehead atoms. The highest BCUT2D eigenvalue weighted by atomic mass is 32.1.